The molecule has 0 aliphatic carbocycles. The van der Waals surface area contributed by atoms with E-state index < -0.39 is 0 Å². The van der Waals surface area contributed by atoms with Gasteiger partial charge in [0.15, 0.2) is 0 Å². The van der Waals surface area contributed by atoms with Gasteiger partial charge in [-0.25, -0.2) is 0 Å². The zero-order chi connectivity index (χ0) is 13.1. The fraction of sp³-hybridized carbons (Fsp3) is 0.143. The minimum Gasteiger partial charge on any atom is -0.117 e. The van der Waals surface area contributed by atoms with Crippen LogP contribution >= 0.6 is 57.4 Å². The number of benzene rings is 2. The maximum atomic E-state index is 6.41. The minimum atomic E-state index is -0.0827. The van der Waals surface area contributed by atoms with Gasteiger partial charge in [-0.15, -0.1) is 11.6 Å². The lowest BCUT2D eigenvalue weighted by Crippen LogP contribution is -1.96. The molecule has 0 radical (unpaired) electrons. The molecule has 0 nitrogen and oxygen atoms in total. The zero-order valence-corrected chi connectivity index (χ0v) is 13.8. The van der Waals surface area contributed by atoms with Crippen LogP contribution in [-0.2, 0) is 6.42 Å². The molecule has 2 aromatic carbocycles. The van der Waals surface area contributed by atoms with Crippen molar-refractivity contribution in [3.05, 3.63) is 67.2 Å². The zero-order valence-electron chi connectivity index (χ0n) is 9.34. The fourth-order valence-electron chi connectivity index (χ4n) is 1.65. The van der Waals surface area contributed by atoms with Crippen molar-refractivity contribution >= 4 is 57.4 Å². The Morgan fingerprint density at radius 2 is 1.67 bits per heavy atom. The van der Waals surface area contributed by atoms with Crippen LogP contribution in [0.1, 0.15) is 16.5 Å². The van der Waals surface area contributed by atoms with Crippen molar-refractivity contribution in [1.82, 2.24) is 0 Å². The van der Waals surface area contributed by atoms with Crippen molar-refractivity contribution in [3.8, 4) is 0 Å². The highest BCUT2D eigenvalue weighted by Crippen LogP contribution is 2.29. The van der Waals surface area contributed by atoms with E-state index in [-0.39, 0.29) is 5.38 Å². The maximum absolute atomic E-state index is 6.41. The predicted molar refractivity (Wildman–Crippen MR) is 87.9 cm³/mol. The van der Waals surface area contributed by atoms with Crippen LogP contribution in [-0.4, -0.2) is 0 Å². The molecular formula is C14H10Cl3I. The normalized spacial score (nSPS) is 12.4. The Hall–Kier alpha value is 0.0400. The molecule has 2 rings (SSSR count). The van der Waals surface area contributed by atoms with Crippen molar-refractivity contribution in [2.45, 2.75) is 11.8 Å². The highest BCUT2D eigenvalue weighted by molar-refractivity contribution is 14.1. The Bertz CT molecular complexity index is 537. The first kappa shape index (κ1) is 14.4. The third kappa shape index (κ3) is 3.77. The molecule has 4 heteroatoms. The van der Waals surface area contributed by atoms with Gasteiger partial charge in [0.2, 0.25) is 0 Å². The molecule has 0 saturated heterocycles. The smallest absolute Gasteiger partial charge is 0.0626 e. The summed E-state index contributed by atoms with van der Waals surface area (Å²) in [5, 5.41) is 1.40. The summed E-state index contributed by atoms with van der Waals surface area (Å²) in [5.41, 5.74) is 2.20. The van der Waals surface area contributed by atoms with E-state index >= 15 is 0 Å². The summed E-state index contributed by atoms with van der Waals surface area (Å²) in [6.45, 7) is 0. The Balaban J connectivity index is 2.13. The molecule has 18 heavy (non-hydrogen) atoms. The maximum Gasteiger partial charge on any atom is 0.0626 e. The third-order valence-electron chi connectivity index (χ3n) is 2.63. The first-order chi connectivity index (χ1) is 8.56. The second kappa shape index (κ2) is 6.47. The monoisotopic (exact) mass is 410 g/mol. The number of hydrogen-bond donors (Lipinski definition) is 0. The van der Waals surface area contributed by atoms with Crippen molar-refractivity contribution in [3.63, 3.8) is 0 Å². The number of halogens is 4. The van der Waals surface area contributed by atoms with E-state index in [9.17, 15) is 0 Å². The number of rotatable bonds is 3. The molecular weight excluding hydrogens is 401 g/mol. The summed E-state index contributed by atoms with van der Waals surface area (Å²) >= 11 is 20.6. The highest BCUT2D eigenvalue weighted by atomic mass is 127. The standard InChI is InChI=1S/C14H10Cl3I/c15-11-4-1-9(2-5-11)7-12(16)10-3-6-14(18)13(17)8-10/h1-6,8,12H,7H2. The van der Waals surface area contributed by atoms with Crippen molar-refractivity contribution in [2.75, 3.05) is 0 Å². The summed E-state index contributed by atoms with van der Waals surface area (Å²) in [7, 11) is 0. The SMILES string of the molecule is Clc1ccc(CC(Cl)c2ccc(I)c(Cl)c2)cc1. The van der Waals surface area contributed by atoms with Crippen LogP contribution in [0.2, 0.25) is 10.0 Å². The van der Waals surface area contributed by atoms with Crippen LogP contribution in [0.5, 0.6) is 0 Å². The number of hydrogen-bond acceptors (Lipinski definition) is 0. The van der Waals surface area contributed by atoms with Gasteiger partial charge in [0, 0.05) is 8.59 Å². The summed E-state index contributed by atoms with van der Waals surface area (Å²) in [4.78, 5) is 0. The summed E-state index contributed by atoms with van der Waals surface area (Å²) in [5.74, 6) is 0. The average Bonchev–Trinajstić information content (AvgIpc) is 2.35. The van der Waals surface area contributed by atoms with Crippen molar-refractivity contribution in [1.29, 1.82) is 0 Å². The fourth-order valence-corrected chi connectivity index (χ4v) is 2.62. The topological polar surface area (TPSA) is 0 Å². The van der Waals surface area contributed by atoms with E-state index in [2.05, 4.69) is 22.6 Å². The molecule has 1 unspecified atom stereocenters. The third-order valence-corrected chi connectivity index (χ3v) is 4.86. The molecule has 1 atom stereocenters. The molecule has 0 fully saturated rings. The van der Waals surface area contributed by atoms with Gasteiger partial charge in [0.05, 0.1) is 10.4 Å². The first-order valence-corrected chi connectivity index (χ1v) is 7.67. The molecule has 0 heterocycles. The lowest BCUT2D eigenvalue weighted by atomic mass is 10.0. The lowest BCUT2D eigenvalue weighted by Gasteiger charge is -2.11. The van der Waals surface area contributed by atoms with Gasteiger partial charge >= 0.3 is 0 Å². The first-order valence-electron chi connectivity index (χ1n) is 5.40. The van der Waals surface area contributed by atoms with Gasteiger partial charge in [0.1, 0.15) is 0 Å². The molecule has 0 aromatic heterocycles. The largest absolute Gasteiger partial charge is 0.117 e. The molecule has 2 aromatic rings. The Kier molecular flexibility index (Phi) is 5.19. The van der Waals surface area contributed by atoms with Gasteiger partial charge in [-0.05, 0) is 64.4 Å². The second-order valence-corrected chi connectivity index (χ2v) is 6.50. The minimum absolute atomic E-state index is 0.0827. The Morgan fingerprint density at radius 1 is 1.00 bits per heavy atom. The Labute approximate surface area is 135 Å². The molecule has 0 N–H and O–H groups in total. The van der Waals surface area contributed by atoms with Gasteiger partial charge in [-0.1, -0.05) is 41.4 Å². The van der Waals surface area contributed by atoms with E-state index in [0.717, 1.165) is 31.2 Å². The summed E-state index contributed by atoms with van der Waals surface area (Å²) in [6, 6.07) is 13.7. The lowest BCUT2D eigenvalue weighted by molar-refractivity contribution is 0.919. The molecule has 0 saturated carbocycles. The molecule has 0 bridgehead atoms. The van der Waals surface area contributed by atoms with E-state index in [0.29, 0.717) is 0 Å². The van der Waals surface area contributed by atoms with Crippen LogP contribution in [0, 0.1) is 3.57 Å². The molecule has 94 valence electrons. The quantitative estimate of drug-likeness (QED) is 0.422. The molecule has 0 aliphatic rings. The number of alkyl halides is 1. The van der Waals surface area contributed by atoms with Crippen LogP contribution in [0.4, 0.5) is 0 Å². The van der Waals surface area contributed by atoms with Gasteiger partial charge in [0.25, 0.3) is 0 Å². The average molecular weight is 411 g/mol. The molecule has 0 spiro atoms. The van der Waals surface area contributed by atoms with Crippen LogP contribution in [0.25, 0.3) is 0 Å². The van der Waals surface area contributed by atoms with E-state index in [4.69, 9.17) is 34.8 Å². The van der Waals surface area contributed by atoms with Crippen LogP contribution < -0.4 is 0 Å². The van der Waals surface area contributed by atoms with Crippen LogP contribution in [0.3, 0.4) is 0 Å². The van der Waals surface area contributed by atoms with Crippen LogP contribution in [0.15, 0.2) is 42.5 Å². The second-order valence-electron chi connectivity index (χ2n) is 3.97. The summed E-state index contributed by atoms with van der Waals surface area (Å²) in [6.07, 6.45) is 0.760. The van der Waals surface area contributed by atoms with Gasteiger partial charge in [-0.2, -0.15) is 0 Å². The highest BCUT2D eigenvalue weighted by Gasteiger charge is 2.10. The van der Waals surface area contributed by atoms with Gasteiger partial charge < -0.3 is 0 Å². The van der Waals surface area contributed by atoms with Crippen molar-refractivity contribution < 1.29 is 0 Å². The van der Waals surface area contributed by atoms with Crippen molar-refractivity contribution in [2.24, 2.45) is 0 Å². The van der Waals surface area contributed by atoms with Gasteiger partial charge in [-0.3, -0.25) is 0 Å². The predicted octanol–water partition coefficient (Wildman–Crippen LogP) is 6.12. The molecule has 0 amide bonds. The van der Waals surface area contributed by atoms with E-state index in [1.165, 1.54) is 0 Å². The van der Waals surface area contributed by atoms with E-state index in [1.807, 2.05) is 42.5 Å². The molecule has 0 aliphatic heterocycles. The Morgan fingerprint density at radius 3 is 2.28 bits per heavy atom. The van der Waals surface area contributed by atoms with E-state index in [1.54, 1.807) is 0 Å². The summed E-state index contributed by atoms with van der Waals surface area (Å²) < 4.78 is 1.04.